The molecule has 0 aromatic heterocycles. The molecule has 1 heterocycles. The molecule has 4 rings (SSSR count). The first-order chi connectivity index (χ1) is 16.5. The molecule has 0 radical (unpaired) electrons. The number of sulfonamides is 1. The van der Waals surface area contributed by atoms with E-state index < -0.39 is 45.6 Å². The number of halogens is 1. The van der Waals surface area contributed by atoms with Crippen molar-refractivity contribution < 1.29 is 37.1 Å². The molecule has 3 aliphatic rings. The van der Waals surface area contributed by atoms with Crippen molar-refractivity contribution in [1.29, 1.82) is 0 Å². The van der Waals surface area contributed by atoms with Gasteiger partial charge >= 0.3 is 11.9 Å². The molecule has 2 bridgehead atoms. The van der Waals surface area contributed by atoms with Crippen LogP contribution >= 0.6 is 34.4 Å². The third kappa shape index (κ3) is 5.01. The number of benzene rings is 1. The van der Waals surface area contributed by atoms with Gasteiger partial charge in [-0.25, -0.2) is 13.2 Å². The third-order valence-electron chi connectivity index (χ3n) is 6.61. The van der Waals surface area contributed by atoms with Crippen molar-refractivity contribution in [3.8, 4) is 0 Å². The summed E-state index contributed by atoms with van der Waals surface area (Å²) in [6.45, 7) is 4.84. The minimum absolute atomic E-state index is 0.0481. The number of fused-ring (bicyclic) bond motifs is 5. The number of thioether (sulfide) groups is 1. The number of hydrogen-bond acceptors (Lipinski definition) is 9. The summed E-state index contributed by atoms with van der Waals surface area (Å²) in [4.78, 5) is 49.6. The first kappa shape index (κ1) is 26.1. The van der Waals surface area contributed by atoms with E-state index in [4.69, 9.17) is 9.47 Å². The van der Waals surface area contributed by atoms with Crippen LogP contribution in [0.25, 0.3) is 0 Å². The number of imide groups is 1. The molecule has 1 aromatic carbocycles. The topological polar surface area (TPSA) is 124 Å². The van der Waals surface area contributed by atoms with Crippen LogP contribution in [0.3, 0.4) is 0 Å². The largest absolute Gasteiger partial charge is 0.461 e. The number of rotatable bonds is 9. The van der Waals surface area contributed by atoms with E-state index in [1.54, 1.807) is 12.1 Å². The average Bonchev–Trinajstić information content (AvgIpc) is 3.46. The Morgan fingerprint density at radius 3 is 2.37 bits per heavy atom. The first-order valence-electron chi connectivity index (χ1n) is 11.0. The second-order valence-electron chi connectivity index (χ2n) is 8.83. The van der Waals surface area contributed by atoms with Gasteiger partial charge in [-0.15, -0.1) is 11.8 Å². The summed E-state index contributed by atoms with van der Waals surface area (Å²) >= 11 is 3.40. The Labute approximate surface area is 221 Å². The summed E-state index contributed by atoms with van der Waals surface area (Å²) in [5, 5.41) is -0.0484. The summed E-state index contributed by atoms with van der Waals surface area (Å²) in [5.74, 6) is -3.87. The Hall–Kier alpha value is -1.93. The van der Waals surface area contributed by atoms with Crippen molar-refractivity contribution in [2.24, 2.45) is 23.7 Å². The summed E-state index contributed by atoms with van der Waals surface area (Å²) in [7, 11) is -4.27. The Morgan fingerprint density at radius 2 is 1.71 bits per heavy atom. The van der Waals surface area contributed by atoms with Gasteiger partial charge in [-0.2, -0.15) is 4.31 Å². The highest BCUT2D eigenvalue weighted by atomic mass is 127. The maximum Gasteiger partial charge on any atom is 0.333 e. The highest BCUT2D eigenvalue weighted by Crippen LogP contribution is 2.59. The Balaban J connectivity index is 1.35. The molecular weight excluding hydrogens is 609 g/mol. The highest BCUT2D eigenvalue weighted by Gasteiger charge is 2.66. The van der Waals surface area contributed by atoms with Crippen LogP contribution < -0.4 is 0 Å². The van der Waals surface area contributed by atoms with E-state index in [0.29, 0.717) is 17.1 Å². The van der Waals surface area contributed by atoms with E-state index in [1.807, 2.05) is 22.6 Å². The van der Waals surface area contributed by atoms with Crippen LogP contribution in [0.4, 0.5) is 0 Å². The molecule has 1 aromatic rings. The summed E-state index contributed by atoms with van der Waals surface area (Å²) in [5.41, 5.74) is 0.256. The number of amides is 2. The molecule has 0 N–H and O–H groups in total. The zero-order valence-corrected chi connectivity index (χ0v) is 22.6. The minimum Gasteiger partial charge on any atom is -0.461 e. The molecule has 0 spiro atoms. The van der Waals surface area contributed by atoms with Crippen molar-refractivity contribution in [3.05, 3.63) is 40.0 Å². The number of hydrogen-bond donors (Lipinski definition) is 0. The van der Waals surface area contributed by atoms with E-state index in [1.165, 1.54) is 30.8 Å². The Morgan fingerprint density at radius 1 is 1.09 bits per heavy atom. The fraction of sp³-hybridized carbons (Fsp3) is 0.478. The molecule has 2 saturated carbocycles. The zero-order valence-electron chi connectivity index (χ0n) is 18.8. The second kappa shape index (κ2) is 10.2. The van der Waals surface area contributed by atoms with Crippen molar-refractivity contribution in [1.82, 2.24) is 4.31 Å². The lowest BCUT2D eigenvalue weighted by molar-refractivity contribution is -0.148. The molecule has 3 fully saturated rings. The maximum atomic E-state index is 13.2. The summed E-state index contributed by atoms with van der Waals surface area (Å²) < 4.78 is 37.5. The predicted molar refractivity (Wildman–Crippen MR) is 134 cm³/mol. The predicted octanol–water partition coefficient (Wildman–Crippen LogP) is 2.39. The van der Waals surface area contributed by atoms with Crippen molar-refractivity contribution >= 4 is 68.1 Å². The zero-order chi connectivity index (χ0) is 25.5. The van der Waals surface area contributed by atoms with Crippen LogP contribution in [0.1, 0.15) is 19.8 Å². The van der Waals surface area contributed by atoms with Crippen molar-refractivity contribution in [2.75, 3.05) is 19.0 Å². The van der Waals surface area contributed by atoms with Gasteiger partial charge in [-0.05, 0) is 78.5 Å². The Bertz CT molecular complexity index is 1180. The van der Waals surface area contributed by atoms with Gasteiger partial charge in [0, 0.05) is 14.4 Å². The van der Waals surface area contributed by atoms with E-state index >= 15 is 0 Å². The van der Waals surface area contributed by atoms with E-state index in [-0.39, 0.29) is 46.5 Å². The highest BCUT2D eigenvalue weighted by molar-refractivity contribution is 14.1. The molecule has 12 heteroatoms. The van der Waals surface area contributed by atoms with Crippen LogP contribution in [0.2, 0.25) is 0 Å². The quantitative estimate of drug-likeness (QED) is 0.133. The maximum absolute atomic E-state index is 13.2. The normalized spacial score (nSPS) is 27.1. The summed E-state index contributed by atoms with van der Waals surface area (Å²) in [6, 6.07) is 6.01. The summed E-state index contributed by atoms with van der Waals surface area (Å²) in [6.07, 6.45) is 1.30. The lowest BCUT2D eigenvalue weighted by Crippen LogP contribution is -2.38. The van der Waals surface area contributed by atoms with E-state index in [9.17, 15) is 27.6 Å². The lowest BCUT2D eigenvalue weighted by atomic mass is 9.81. The smallest absolute Gasteiger partial charge is 0.333 e. The van der Waals surface area contributed by atoms with Crippen molar-refractivity contribution in [3.63, 3.8) is 0 Å². The number of nitrogens with zero attached hydrogens (tertiary/aromatic N) is 1. The SMILES string of the molecule is C=C(C)C(=O)OCCOC(=O)CSC1CC2CC1C1C(=O)N(S(=O)(=O)c3ccc(I)cc3)C(=O)C21. The fourth-order valence-electron chi connectivity index (χ4n) is 5.14. The Kier molecular flexibility index (Phi) is 7.62. The number of esters is 2. The van der Waals surface area contributed by atoms with Gasteiger partial charge in [-0.3, -0.25) is 14.4 Å². The van der Waals surface area contributed by atoms with Crippen LogP contribution in [-0.2, 0) is 38.7 Å². The van der Waals surface area contributed by atoms with Gasteiger partial charge in [0.15, 0.2) is 0 Å². The van der Waals surface area contributed by atoms with Gasteiger partial charge in [0.1, 0.15) is 13.2 Å². The fourth-order valence-corrected chi connectivity index (χ4v) is 8.26. The second-order valence-corrected chi connectivity index (χ2v) is 13.1. The van der Waals surface area contributed by atoms with Gasteiger partial charge in [0.25, 0.3) is 10.0 Å². The molecule has 5 atom stereocenters. The standard InChI is InChI=1S/C23H24INO8S2/c1-12(2)23(29)33-8-7-32-18(26)11-34-17-10-13-9-16(17)20-19(13)21(27)25(22(20)28)35(30,31)15-5-3-14(24)4-6-15/h3-6,13,16-17,19-20H,1,7-11H2,2H3. The van der Waals surface area contributed by atoms with Gasteiger partial charge in [0.2, 0.25) is 11.8 Å². The monoisotopic (exact) mass is 633 g/mol. The van der Waals surface area contributed by atoms with Gasteiger partial charge in [0.05, 0.1) is 22.5 Å². The van der Waals surface area contributed by atoms with Crippen LogP contribution in [0.15, 0.2) is 41.3 Å². The van der Waals surface area contributed by atoms with Crippen LogP contribution in [0, 0.1) is 27.2 Å². The van der Waals surface area contributed by atoms with Gasteiger partial charge in [-0.1, -0.05) is 6.58 Å². The number of ether oxygens (including phenoxy) is 2. The third-order valence-corrected chi connectivity index (χ3v) is 10.4. The van der Waals surface area contributed by atoms with Crippen LogP contribution in [-0.4, -0.2) is 60.7 Å². The molecule has 188 valence electrons. The molecule has 5 unspecified atom stereocenters. The van der Waals surface area contributed by atoms with Crippen LogP contribution in [0.5, 0.6) is 0 Å². The number of carbonyl (C=O) groups excluding carboxylic acids is 4. The minimum atomic E-state index is -4.27. The lowest BCUT2D eigenvalue weighted by Gasteiger charge is -2.27. The molecule has 2 aliphatic carbocycles. The van der Waals surface area contributed by atoms with Crippen molar-refractivity contribution in [2.45, 2.75) is 29.9 Å². The molecule has 9 nitrogen and oxygen atoms in total. The van der Waals surface area contributed by atoms with E-state index in [0.717, 1.165) is 3.57 Å². The molecular formula is C23H24INO8S2. The van der Waals surface area contributed by atoms with E-state index in [2.05, 4.69) is 6.58 Å². The molecule has 1 saturated heterocycles. The number of carbonyl (C=O) groups is 4. The molecule has 2 amide bonds. The average molecular weight is 633 g/mol. The molecule has 35 heavy (non-hydrogen) atoms. The first-order valence-corrected chi connectivity index (χ1v) is 14.6. The van der Waals surface area contributed by atoms with Gasteiger partial charge < -0.3 is 9.47 Å². The molecule has 1 aliphatic heterocycles.